The van der Waals surface area contributed by atoms with Gasteiger partial charge in [0.25, 0.3) is 0 Å². The van der Waals surface area contributed by atoms with Gasteiger partial charge in [0.15, 0.2) is 0 Å². The Bertz CT molecular complexity index is 1060. The van der Waals surface area contributed by atoms with E-state index in [0.717, 1.165) is 10.6 Å². The van der Waals surface area contributed by atoms with E-state index in [0.29, 0.717) is 27.1 Å². The number of carbonyl (C=O) groups is 1. The van der Waals surface area contributed by atoms with Crippen molar-refractivity contribution in [3.8, 4) is 11.9 Å². The molecule has 0 aliphatic carbocycles. The molecule has 0 saturated carbocycles. The number of aromatic nitrogens is 2. The topological polar surface area (TPSA) is 87.9 Å². The van der Waals surface area contributed by atoms with Crippen LogP contribution in [0.4, 0.5) is 0 Å². The smallest absolute Gasteiger partial charge is 0.219 e. The van der Waals surface area contributed by atoms with E-state index < -0.39 is 0 Å². The van der Waals surface area contributed by atoms with Crippen molar-refractivity contribution in [1.82, 2.24) is 15.3 Å². The van der Waals surface area contributed by atoms with E-state index in [9.17, 15) is 10.1 Å². The van der Waals surface area contributed by atoms with Crippen LogP contribution in [0.25, 0.3) is 18.2 Å². The van der Waals surface area contributed by atoms with Crippen LogP contribution in [0.5, 0.6) is 5.88 Å². The van der Waals surface area contributed by atoms with Crippen molar-refractivity contribution in [1.29, 1.82) is 5.26 Å². The van der Waals surface area contributed by atoms with Crippen molar-refractivity contribution in [3.63, 3.8) is 0 Å². The molecule has 0 spiro atoms. The molecule has 1 N–H and O–H groups in total. The highest BCUT2D eigenvalue weighted by Gasteiger charge is 2.11. The number of thiazole rings is 1. The van der Waals surface area contributed by atoms with E-state index in [-0.39, 0.29) is 11.9 Å². The molecule has 28 heavy (non-hydrogen) atoms. The van der Waals surface area contributed by atoms with Crippen LogP contribution in [0.3, 0.4) is 0 Å². The first kappa shape index (κ1) is 21.1. The average Bonchev–Trinajstić information content (AvgIpc) is 2.98. The zero-order valence-electron chi connectivity index (χ0n) is 16.3. The summed E-state index contributed by atoms with van der Waals surface area (Å²) in [6, 6.07) is 5.69. The minimum absolute atomic E-state index is 0.0736. The average molecular weight is 395 g/mol. The number of rotatable bonds is 6. The maximum Gasteiger partial charge on any atom is 0.219 e. The van der Waals surface area contributed by atoms with Crippen molar-refractivity contribution < 1.29 is 9.53 Å². The minimum Gasteiger partial charge on any atom is -0.438 e. The second-order valence-corrected chi connectivity index (χ2v) is 7.23. The standard InChI is InChI=1S/C21H22N4O2S/c1-6-19(18(11-22)21-14(3)25-16(5)28-21)27-20-10-9-17(12-23-20)8-7-13(2)24-15(4)26/h6-10,12-13H,3H2,1-2,4-5H3,(H,24,26)/b8-7+,19-6+,21-18+/t13-/m0/s1. The van der Waals surface area contributed by atoms with Gasteiger partial charge in [-0.2, -0.15) is 5.26 Å². The number of nitriles is 1. The second kappa shape index (κ2) is 9.62. The molecule has 144 valence electrons. The molecule has 6 nitrogen and oxygen atoms in total. The first-order chi connectivity index (χ1) is 13.3. The lowest BCUT2D eigenvalue weighted by Crippen LogP contribution is -2.28. The van der Waals surface area contributed by atoms with E-state index >= 15 is 0 Å². The Hall–Kier alpha value is -3.24. The molecular weight excluding hydrogens is 372 g/mol. The van der Waals surface area contributed by atoms with Crippen LogP contribution in [0.1, 0.15) is 31.3 Å². The van der Waals surface area contributed by atoms with Gasteiger partial charge in [-0.05, 0) is 38.5 Å². The van der Waals surface area contributed by atoms with Crippen molar-refractivity contribution in [3.05, 3.63) is 56.7 Å². The summed E-state index contributed by atoms with van der Waals surface area (Å²) in [6.07, 6.45) is 7.13. The van der Waals surface area contributed by atoms with Gasteiger partial charge in [-0.1, -0.05) is 18.7 Å². The monoisotopic (exact) mass is 394 g/mol. The third-order valence-electron chi connectivity index (χ3n) is 3.63. The number of carbonyl (C=O) groups excluding carboxylic acids is 1. The quantitative estimate of drug-likeness (QED) is 0.761. The molecule has 1 amide bonds. The van der Waals surface area contributed by atoms with Crippen LogP contribution < -0.4 is 19.9 Å². The number of nitrogens with one attached hydrogen (secondary N) is 1. The highest BCUT2D eigenvalue weighted by Crippen LogP contribution is 2.17. The summed E-state index contributed by atoms with van der Waals surface area (Å²) in [6.45, 7) is 10.9. The Morgan fingerprint density at radius 1 is 1.46 bits per heavy atom. The lowest BCUT2D eigenvalue weighted by molar-refractivity contribution is -0.119. The Balaban J connectivity index is 2.21. The van der Waals surface area contributed by atoms with Crippen LogP contribution in [0.2, 0.25) is 0 Å². The number of hydrogen-bond acceptors (Lipinski definition) is 6. The van der Waals surface area contributed by atoms with E-state index in [1.165, 1.54) is 18.3 Å². The largest absolute Gasteiger partial charge is 0.438 e. The zero-order chi connectivity index (χ0) is 20.7. The number of amides is 1. The van der Waals surface area contributed by atoms with Gasteiger partial charge in [-0.15, -0.1) is 11.3 Å². The molecule has 0 fully saturated rings. The van der Waals surface area contributed by atoms with Crippen molar-refractivity contribution >= 4 is 35.5 Å². The first-order valence-electron chi connectivity index (χ1n) is 8.66. The van der Waals surface area contributed by atoms with Gasteiger partial charge in [-0.25, -0.2) is 9.97 Å². The number of aryl methyl sites for hydroxylation is 1. The highest BCUT2D eigenvalue weighted by atomic mass is 32.1. The lowest BCUT2D eigenvalue weighted by Gasteiger charge is -2.08. The van der Waals surface area contributed by atoms with Crippen LogP contribution in [-0.2, 0) is 4.79 Å². The number of allylic oxidation sites excluding steroid dienone is 2. The normalized spacial score (nSPS) is 13.8. The molecule has 2 aromatic heterocycles. The van der Waals surface area contributed by atoms with E-state index in [4.69, 9.17) is 4.74 Å². The maximum atomic E-state index is 11.0. The number of nitrogens with zero attached hydrogens (tertiary/aromatic N) is 3. The molecule has 0 aliphatic heterocycles. The fraction of sp³-hybridized carbons (Fsp3) is 0.238. The SMILES string of the molecule is C=c1nc(C)s/c1=C(C#N)/C(=C\C)Oc1ccc(/C=C/[C@H](C)NC(C)=O)cn1. The molecule has 1 atom stereocenters. The molecule has 2 aromatic rings. The van der Waals surface area contributed by atoms with Crippen molar-refractivity contribution in [2.45, 2.75) is 33.7 Å². The van der Waals surface area contributed by atoms with Gasteiger partial charge < -0.3 is 10.1 Å². The van der Waals surface area contributed by atoms with Gasteiger partial charge in [-0.3, -0.25) is 4.79 Å². The summed E-state index contributed by atoms with van der Waals surface area (Å²) in [5, 5.41) is 13.8. The van der Waals surface area contributed by atoms with Crippen LogP contribution in [0.15, 0.2) is 36.2 Å². The van der Waals surface area contributed by atoms with E-state index in [2.05, 4.69) is 27.9 Å². The van der Waals surface area contributed by atoms with Gasteiger partial charge >= 0.3 is 0 Å². The molecule has 0 aromatic carbocycles. The van der Waals surface area contributed by atoms with Crippen LogP contribution >= 0.6 is 11.3 Å². The minimum atomic E-state index is -0.0796. The molecule has 7 heteroatoms. The van der Waals surface area contributed by atoms with Crippen LogP contribution in [0, 0.1) is 18.3 Å². The Labute approximate surface area is 168 Å². The Morgan fingerprint density at radius 2 is 2.21 bits per heavy atom. The summed E-state index contributed by atoms with van der Waals surface area (Å²) < 4.78 is 6.52. The molecule has 2 rings (SSSR count). The predicted molar refractivity (Wildman–Crippen MR) is 112 cm³/mol. The van der Waals surface area contributed by atoms with Crippen molar-refractivity contribution in [2.24, 2.45) is 0 Å². The third-order valence-corrected chi connectivity index (χ3v) is 4.66. The molecular formula is C21H22N4O2S. The Morgan fingerprint density at radius 3 is 2.71 bits per heavy atom. The van der Waals surface area contributed by atoms with E-state index in [1.807, 2.05) is 32.1 Å². The number of ether oxygens (including phenoxy) is 1. The summed E-state index contributed by atoms with van der Waals surface area (Å²) in [7, 11) is 0. The molecule has 0 aliphatic rings. The molecule has 0 radical (unpaired) electrons. The summed E-state index contributed by atoms with van der Waals surface area (Å²) in [5.41, 5.74) is 1.25. The lowest BCUT2D eigenvalue weighted by atomic mass is 10.2. The molecule has 2 heterocycles. The summed E-state index contributed by atoms with van der Waals surface area (Å²) in [4.78, 5) is 19.6. The van der Waals surface area contributed by atoms with Gasteiger partial charge in [0.2, 0.25) is 11.8 Å². The molecule has 0 saturated heterocycles. The summed E-state index contributed by atoms with van der Waals surface area (Å²) in [5.74, 6) is 0.704. The maximum absolute atomic E-state index is 11.0. The zero-order valence-corrected chi connectivity index (χ0v) is 17.1. The summed E-state index contributed by atoms with van der Waals surface area (Å²) >= 11 is 1.40. The fourth-order valence-corrected chi connectivity index (χ4v) is 3.29. The molecule has 0 unspecified atom stereocenters. The number of pyridine rings is 1. The fourth-order valence-electron chi connectivity index (χ4n) is 2.43. The third kappa shape index (κ3) is 5.63. The highest BCUT2D eigenvalue weighted by molar-refractivity contribution is 7.09. The predicted octanol–water partition coefficient (Wildman–Crippen LogP) is 2.45. The van der Waals surface area contributed by atoms with Crippen LogP contribution in [-0.4, -0.2) is 21.9 Å². The number of hydrogen-bond donors (Lipinski definition) is 1. The molecule has 0 bridgehead atoms. The van der Waals surface area contributed by atoms with Gasteiger partial charge in [0.05, 0.1) is 14.9 Å². The van der Waals surface area contributed by atoms with E-state index in [1.54, 1.807) is 25.3 Å². The second-order valence-electron chi connectivity index (χ2n) is 6.03. The first-order valence-corrected chi connectivity index (χ1v) is 9.48. The van der Waals surface area contributed by atoms with Gasteiger partial charge in [0.1, 0.15) is 17.4 Å². The Kier molecular flexibility index (Phi) is 7.24. The van der Waals surface area contributed by atoms with Gasteiger partial charge in [0, 0.05) is 25.2 Å². The van der Waals surface area contributed by atoms with Crippen molar-refractivity contribution in [2.75, 3.05) is 0 Å².